The van der Waals surface area contributed by atoms with Crippen LogP contribution in [0.1, 0.15) is 25.5 Å². The van der Waals surface area contributed by atoms with Gasteiger partial charge >= 0.3 is 0 Å². The lowest BCUT2D eigenvalue weighted by Gasteiger charge is -2.35. The first-order chi connectivity index (χ1) is 7.29. The third-order valence-corrected chi connectivity index (χ3v) is 2.99. The lowest BCUT2D eigenvalue weighted by molar-refractivity contribution is -0.0103. The van der Waals surface area contributed by atoms with Crippen molar-refractivity contribution in [3.05, 3.63) is 18.2 Å². The van der Waals surface area contributed by atoms with E-state index in [1.807, 2.05) is 24.1 Å². The highest BCUT2D eigenvalue weighted by atomic mass is 16.5. The molecule has 0 unspecified atom stereocenters. The van der Waals surface area contributed by atoms with Crippen molar-refractivity contribution in [2.24, 2.45) is 7.05 Å². The number of imidazole rings is 1. The zero-order chi connectivity index (χ0) is 10.7. The highest BCUT2D eigenvalue weighted by Crippen LogP contribution is 2.23. The maximum absolute atomic E-state index is 5.51. The van der Waals surface area contributed by atoms with E-state index in [0.717, 1.165) is 26.0 Å². The van der Waals surface area contributed by atoms with Crippen LogP contribution < -0.4 is 5.32 Å². The minimum Gasteiger partial charge on any atom is -0.378 e. The largest absolute Gasteiger partial charge is 0.378 e. The van der Waals surface area contributed by atoms with Gasteiger partial charge in [0.1, 0.15) is 0 Å². The third kappa shape index (κ3) is 2.58. The Morgan fingerprint density at radius 3 is 3.00 bits per heavy atom. The van der Waals surface area contributed by atoms with Crippen molar-refractivity contribution in [1.29, 1.82) is 0 Å². The number of hydrogen-bond donors (Lipinski definition) is 1. The molecule has 15 heavy (non-hydrogen) atoms. The second kappa shape index (κ2) is 4.77. The number of ether oxygens (including phenoxy) is 1. The molecule has 1 aliphatic rings. The average Bonchev–Trinajstić information content (AvgIpc) is 2.55. The maximum Gasteiger partial charge on any atom is 0.0945 e. The van der Waals surface area contributed by atoms with Crippen LogP contribution in [0, 0.1) is 0 Å². The predicted molar refractivity (Wildman–Crippen MR) is 58.5 cm³/mol. The molecule has 1 aromatic heterocycles. The molecule has 0 atom stereocenters. The second-order valence-corrected chi connectivity index (χ2v) is 4.12. The van der Waals surface area contributed by atoms with Gasteiger partial charge in [0.25, 0.3) is 0 Å². The van der Waals surface area contributed by atoms with Gasteiger partial charge in [-0.05, 0) is 19.8 Å². The fourth-order valence-corrected chi connectivity index (χ4v) is 1.91. The molecule has 4 nitrogen and oxygen atoms in total. The molecule has 0 amide bonds. The normalized spacial score (nSPS) is 25.2. The smallest absolute Gasteiger partial charge is 0.0945 e. The summed E-state index contributed by atoms with van der Waals surface area (Å²) in [5, 5.41) is 3.51. The first-order valence-corrected chi connectivity index (χ1v) is 5.59. The summed E-state index contributed by atoms with van der Waals surface area (Å²) >= 11 is 0. The van der Waals surface area contributed by atoms with Crippen LogP contribution in [-0.2, 0) is 18.3 Å². The molecule has 84 valence electrons. The molecule has 0 saturated heterocycles. The number of rotatable bonds is 5. The van der Waals surface area contributed by atoms with Gasteiger partial charge < -0.3 is 14.6 Å². The van der Waals surface area contributed by atoms with E-state index in [2.05, 4.69) is 17.2 Å². The molecule has 0 aliphatic heterocycles. The van der Waals surface area contributed by atoms with Gasteiger partial charge in [-0.15, -0.1) is 0 Å². The SMILES string of the molecule is CCOC1CC(NCc2cncn2C)C1. The van der Waals surface area contributed by atoms with Crippen molar-refractivity contribution in [2.75, 3.05) is 6.61 Å². The van der Waals surface area contributed by atoms with E-state index in [9.17, 15) is 0 Å². The Morgan fingerprint density at radius 2 is 2.40 bits per heavy atom. The summed E-state index contributed by atoms with van der Waals surface area (Å²) in [4.78, 5) is 4.09. The third-order valence-electron chi connectivity index (χ3n) is 2.99. The Kier molecular flexibility index (Phi) is 3.38. The number of nitrogens with one attached hydrogen (secondary N) is 1. The molecule has 2 rings (SSSR count). The van der Waals surface area contributed by atoms with E-state index in [1.165, 1.54) is 5.69 Å². The lowest BCUT2D eigenvalue weighted by Crippen LogP contribution is -2.45. The van der Waals surface area contributed by atoms with E-state index in [-0.39, 0.29) is 0 Å². The van der Waals surface area contributed by atoms with Crippen molar-refractivity contribution in [3.8, 4) is 0 Å². The molecule has 0 aromatic carbocycles. The number of aromatic nitrogens is 2. The highest BCUT2D eigenvalue weighted by Gasteiger charge is 2.28. The van der Waals surface area contributed by atoms with Crippen LogP contribution in [-0.4, -0.2) is 28.3 Å². The van der Waals surface area contributed by atoms with Gasteiger partial charge in [-0.2, -0.15) is 0 Å². The van der Waals surface area contributed by atoms with E-state index >= 15 is 0 Å². The summed E-state index contributed by atoms with van der Waals surface area (Å²) in [6, 6.07) is 0.622. The van der Waals surface area contributed by atoms with Gasteiger partial charge in [-0.3, -0.25) is 0 Å². The quantitative estimate of drug-likeness (QED) is 0.788. The van der Waals surface area contributed by atoms with Crippen LogP contribution in [0.2, 0.25) is 0 Å². The van der Waals surface area contributed by atoms with Crippen LogP contribution in [0.25, 0.3) is 0 Å². The van der Waals surface area contributed by atoms with E-state index in [0.29, 0.717) is 12.1 Å². The first kappa shape index (κ1) is 10.6. The maximum atomic E-state index is 5.51. The second-order valence-electron chi connectivity index (χ2n) is 4.12. The van der Waals surface area contributed by atoms with Crippen LogP contribution in [0.5, 0.6) is 0 Å². The van der Waals surface area contributed by atoms with Gasteiger partial charge in [0.2, 0.25) is 0 Å². The number of nitrogens with zero attached hydrogens (tertiary/aromatic N) is 2. The van der Waals surface area contributed by atoms with Gasteiger partial charge in [0, 0.05) is 32.4 Å². The van der Waals surface area contributed by atoms with E-state index in [1.54, 1.807) is 0 Å². The predicted octanol–water partition coefficient (Wildman–Crippen LogP) is 1.08. The Morgan fingerprint density at radius 1 is 1.60 bits per heavy atom. The summed E-state index contributed by atoms with van der Waals surface area (Å²) in [5.41, 5.74) is 1.23. The fraction of sp³-hybridized carbons (Fsp3) is 0.727. The topological polar surface area (TPSA) is 39.1 Å². The molecule has 0 radical (unpaired) electrons. The van der Waals surface area contributed by atoms with Crippen molar-refractivity contribution in [1.82, 2.24) is 14.9 Å². The molecule has 1 N–H and O–H groups in total. The van der Waals surface area contributed by atoms with Crippen LogP contribution in [0.4, 0.5) is 0 Å². The zero-order valence-corrected chi connectivity index (χ0v) is 9.44. The molecule has 1 aromatic rings. The Hall–Kier alpha value is -0.870. The lowest BCUT2D eigenvalue weighted by atomic mass is 9.89. The molecule has 1 heterocycles. The Labute approximate surface area is 90.6 Å². The molecule has 1 aliphatic carbocycles. The molecular formula is C11H19N3O. The number of aryl methyl sites for hydroxylation is 1. The molecular weight excluding hydrogens is 190 g/mol. The Bertz CT molecular complexity index is 305. The molecule has 1 fully saturated rings. The van der Waals surface area contributed by atoms with Gasteiger partial charge in [-0.25, -0.2) is 4.98 Å². The summed E-state index contributed by atoms with van der Waals surface area (Å²) in [5.74, 6) is 0. The van der Waals surface area contributed by atoms with Crippen LogP contribution in [0.3, 0.4) is 0 Å². The molecule has 4 heteroatoms. The molecule has 0 spiro atoms. The fourth-order valence-electron chi connectivity index (χ4n) is 1.91. The van der Waals surface area contributed by atoms with Crippen LogP contribution >= 0.6 is 0 Å². The summed E-state index contributed by atoms with van der Waals surface area (Å²) in [6.45, 7) is 3.79. The van der Waals surface area contributed by atoms with E-state index in [4.69, 9.17) is 4.74 Å². The minimum absolute atomic E-state index is 0.485. The number of hydrogen-bond acceptors (Lipinski definition) is 3. The zero-order valence-electron chi connectivity index (χ0n) is 9.44. The van der Waals surface area contributed by atoms with Crippen molar-refractivity contribution >= 4 is 0 Å². The van der Waals surface area contributed by atoms with Crippen molar-refractivity contribution in [3.63, 3.8) is 0 Å². The summed E-state index contributed by atoms with van der Waals surface area (Å²) in [6.07, 6.45) is 6.52. The van der Waals surface area contributed by atoms with Gasteiger partial charge in [0.15, 0.2) is 0 Å². The van der Waals surface area contributed by atoms with Crippen molar-refractivity contribution < 1.29 is 4.74 Å². The summed E-state index contributed by atoms with van der Waals surface area (Å²) in [7, 11) is 2.02. The van der Waals surface area contributed by atoms with Gasteiger partial charge in [0.05, 0.1) is 18.1 Å². The molecule has 0 bridgehead atoms. The van der Waals surface area contributed by atoms with Crippen LogP contribution in [0.15, 0.2) is 12.5 Å². The summed E-state index contributed by atoms with van der Waals surface area (Å²) < 4.78 is 7.56. The average molecular weight is 209 g/mol. The van der Waals surface area contributed by atoms with E-state index < -0.39 is 0 Å². The molecule has 1 saturated carbocycles. The van der Waals surface area contributed by atoms with Gasteiger partial charge in [-0.1, -0.05) is 0 Å². The highest BCUT2D eigenvalue weighted by molar-refractivity contribution is 4.98. The Balaban J connectivity index is 1.66. The van der Waals surface area contributed by atoms with Crippen molar-refractivity contribution in [2.45, 2.75) is 38.5 Å². The first-order valence-electron chi connectivity index (χ1n) is 5.59. The minimum atomic E-state index is 0.485. The monoisotopic (exact) mass is 209 g/mol. The standard InChI is InChI=1S/C11H19N3O/c1-3-15-11-4-9(5-11)13-7-10-6-12-8-14(10)2/h6,8-9,11,13H,3-5,7H2,1-2H3.